The van der Waals surface area contributed by atoms with Crippen molar-refractivity contribution in [1.82, 2.24) is 15.5 Å². The maximum Gasteiger partial charge on any atom is 0.325 e. The Bertz CT molecular complexity index is 805. The zero-order valence-electron chi connectivity index (χ0n) is 16.3. The van der Waals surface area contributed by atoms with E-state index in [1.807, 2.05) is 17.5 Å². The molecule has 8 nitrogen and oxygen atoms in total. The third-order valence-electron chi connectivity index (χ3n) is 5.88. The quantitative estimate of drug-likeness (QED) is 0.564. The van der Waals surface area contributed by atoms with Gasteiger partial charge in [-0.25, -0.2) is 4.79 Å². The van der Waals surface area contributed by atoms with Crippen LogP contribution in [0.4, 0.5) is 4.79 Å². The molecule has 2 unspecified atom stereocenters. The molecular formula is C19H26N4O4S. The molecule has 28 heavy (non-hydrogen) atoms. The Morgan fingerprint density at radius 3 is 2.57 bits per heavy atom. The van der Waals surface area contributed by atoms with E-state index in [-0.39, 0.29) is 11.8 Å². The van der Waals surface area contributed by atoms with Crippen LogP contribution in [-0.4, -0.2) is 40.7 Å². The summed E-state index contributed by atoms with van der Waals surface area (Å²) >= 11 is 1.41. The second kappa shape index (κ2) is 7.20. The minimum Gasteiger partial charge on any atom is -0.368 e. The summed E-state index contributed by atoms with van der Waals surface area (Å²) in [7, 11) is 0. The summed E-state index contributed by atoms with van der Waals surface area (Å²) in [6.07, 6.45) is 2.00. The van der Waals surface area contributed by atoms with Gasteiger partial charge in [0.1, 0.15) is 12.1 Å². The van der Waals surface area contributed by atoms with Crippen molar-refractivity contribution in [3.63, 3.8) is 0 Å². The minimum absolute atomic E-state index is 0.0340. The lowest BCUT2D eigenvalue weighted by Gasteiger charge is -2.35. The molecule has 2 heterocycles. The number of nitrogens with zero attached hydrogens (tertiary/aromatic N) is 1. The molecule has 1 aliphatic carbocycles. The number of thiophene rings is 1. The number of carbonyl (C=O) groups excluding carboxylic acids is 4. The highest BCUT2D eigenvalue weighted by molar-refractivity contribution is 7.10. The highest BCUT2D eigenvalue weighted by Gasteiger charge is 2.61. The third-order valence-corrected chi connectivity index (χ3v) is 6.88. The summed E-state index contributed by atoms with van der Waals surface area (Å²) in [6.45, 7) is 4.88. The van der Waals surface area contributed by atoms with Crippen molar-refractivity contribution in [3.8, 4) is 0 Å². The normalized spacial score (nSPS) is 24.2. The molecule has 1 aromatic heterocycles. The van der Waals surface area contributed by atoms with Crippen molar-refractivity contribution in [1.29, 1.82) is 0 Å². The number of hydrogen-bond acceptors (Lipinski definition) is 5. The molecule has 1 saturated carbocycles. The van der Waals surface area contributed by atoms with Crippen molar-refractivity contribution in [2.24, 2.45) is 17.6 Å². The summed E-state index contributed by atoms with van der Waals surface area (Å²) < 4.78 is 0. The number of nitrogens with one attached hydrogen (secondary N) is 2. The zero-order chi connectivity index (χ0) is 20.7. The van der Waals surface area contributed by atoms with Crippen molar-refractivity contribution < 1.29 is 19.2 Å². The van der Waals surface area contributed by atoms with Crippen LogP contribution in [0.2, 0.25) is 0 Å². The molecular weight excluding hydrogens is 380 g/mol. The van der Waals surface area contributed by atoms with Crippen molar-refractivity contribution in [2.75, 3.05) is 6.54 Å². The number of imide groups is 1. The predicted molar refractivity (Wildman–Crippen MR) is 104 cm³/mol. The van der Waals surface area contributed by atoms with Crippen LogP contribution in [0.5, 0.6) is 0 Å². The lowest BCUT2D eigenvalue weighted by atomic mass is 9.83. The number of hydrogen-bond donors (Lipinski definition) is 3. The Hall–Kier alpha value is -2.42. The third kappa shape index (κ3) is 3.07. The number of amides is 5. The Labute approximate surface area is 167 Å². The van der Waals surface area contributed by atoms with Gasteiger partial charge >= 0.3 is 6.03 Å². The Morgan fingerprint density at radius 2 is 2.11 bits per heavy atom. The number of nitrogens with two attached hydrogens (primary N) is 1. The lowest BCUT2D eigenvalue weighted by Crippen LogP contribution is -2.62. The molecule has 1 aromatic rings. The van der Waals surface area contributed by atoms with Crippen LogP contribution in [0.3, 0.4) is 0 Å². The minimum atomic E-state index is -1.22. The average molecular weight is 407 g/mol. The number of carbonyl (C=O) groups is 4. The van der Waals surface area contributed by atoms with Gasteiger partial charge in [-0.05, 0) is 42.5 Å². The first kappa shape index (κ1) is 20.3. The first-order valence-corrected chi connectivity index (χ1v) is 10.4. The van der Waals surface area contributed by atoms with Gasteiger partial charge in [-0.2, -0.15) is 0 Å². The zero-order valence-corrected chi connectivity index (χ0v) is 17.1. The van der Waals surface area contributed by atoms with E-state index >= 15 is 0 Å². The summed E-state index contributed by atoms with van der Waals surface area (Å²) in [6, 6.07) is 3.08. The Kier molecular flexibility index (Phi) is 5.22. The molecule has 0 spiro atoms. The smallest absolute Gasteiger partial charge is 0.325 e. The van der Waals surface area contributed by atoms with E-state index in [2.05, 4.69) is 10.6 Å². The molecule has 9 heteroatoms. The molecule has 2 fully saturated rings. The van der Waals surface area contributed by atoms with E-state index in [9.17, 15) is 19.2 Å². The first-order chi connectivity index (χ1) is 13.2. The molecule has 1 saturated heterocycles. The van der Waals surface area contributed by atoms with Crippen LogP contribution in [0, 0.1) is 11.8 Å². The van der Waals surface area contributed by atoms with E-state index in [1.54, 1.807) is 20.8 Å². The largest absolute Gasteiger partial charge is 0.368 e. The van der Waals surface area contributed by atoms with Gasteiger partial charge in [0.25, 0.3) is 5.91 Å². The molecule has 1 aliphatic heterocycles. The molecule has 0 radical (unpaired) electrons. The molecule has 5 amide bonds. The van der Waals surface area contributed by atoms with Gasteiger partial charge in [0.15, 0.2) is 5.54 Å². The van der Waals surface area contributed by atoms with Crippen LogP contribution < -0.4 is 16.4 Å². The van der Waals surface area contributed by atoms with Crippen molar-refractivity contribution in [3.05, 3.63) is 22.4 Å². The van der Waals surface area contributed by atoms with Gasteiger partial charge in [0.05, 0.1) is 0 Å². The Balaban J connectivity index is 1.81. The van der Waals surface area contributed by atoms with Crippen molar-refractivity contribution >= 4 is 35.1 Å². The number of rotatable bonds is 8. The van der Waals surface area contributed by atoms with Crippen LogP contribution in [-0.2, 0) is 19.9 Å². The topological polar surface area (TPSA) is 122 Å². The molecule has 2 aliphatic rings. The molecule has 0 bridgehead atoms. The molecule has 152 valence electrons. The van der Waals surface area contributed by atoms with Gasteiger partial charge in [0.2, 0.25) is 11.8 Å². The second-order valence-corrected chi connectivity index (χ2v) is 8.72. The average Bonchev–Trinajstić information content (AvgIpc) is 3.28. The fourth-order valence-electron chi connectivity index (χ4n) is 4.00. The molecule has 2 atom stereocenters. The van der Waals surface area contributed by atoms with E-state index in [4.69, 9.17) is 5.73 Å². The van der Waals surface area contributed by atoms with Crippen LogP contribution in [0.25, 0.3) is 0 Å². The van der Waals surface area contributed by atoms with Crippen LogP contribution in [0.15, 0.2) is 17.5 Å². The summed E-state index contributed by atoms with van der Waals surface area (Å²) in [5.74, 6) is -1.84. The van der Waals surface area contributed by atoms with Crippen LogP contribution >= 0.6 is 11.3 Å². The van der Waals surface area contributed by atoms with Gasteiger partial charge in [-0.3, -0.25) is 19.3 Å². The van der Waals surface area contributed by atoms with Crippen molar-refractivity contribution in [2.45, 2.75) is 51.1 Å². The Morgan fingerprint density at radius 1 is 1.43 bits per heavy atom. The van der Waals surface area contributed by atoms with E-state index in [1.165, 1.54) is 11.3 Å². The number of primary amides is 1. The highest BCUT2D eigenvalue weighted by Crippen LogP contribution is 2.50. The maximum atomic E-state index is 13.2. The lowest BCUT2D eigenvalue weighted by molar-refractivity contribution is -0.138. The van der Waals surface area contributed by atoms with E-state index in [0.717, 1.165) is 22.6 Å². The summed E-state index contributed by atoms with van der Waals surface area (Å²) in [5.41, 5.74) is 3.22. The SMILES string of the molecule is CCC(NC(=O)CN1C(=O)NC(c2cccs2)(C2CC2)C1=O)(C(N)=O)C(C)C. The van der Waals surface area contributed by atoms with Gasteiger partial charge in [-0.15, -0.1) is 11.3 Å². The first-order valence-electron chi connectivity index (χ1n) is 9.48. The molecule has 4 N–H and O–H groups in total. The second-order valence-electron chi connectivity index (χ2n) is 7.77. The fraction of sp³-hybridized carbons (Fsp3) is 0.579. The predicted octanol–water partition coefficient (Wildman–Crippen LogP) is 1.31. The van der Waals surface area contributed by atoms with E-state index < -0.39 is 41.4 Å². The monoisotopic (exact) mass is 406 g/mol. The molecule has 0 aromatic carbocycles. The van der Waals surface area contributed by atoms with Gasteiger partial charge < -0.3 is 16.4 Å². The maximum absolute atomic E-state index is 13.2. The summed E-state index contributed by atoms with van der Waals surface area (Å²) in [4.78, 5) is 52.2. The fourth-order valence-corrected chi connectivity index (χ4v) is 4.95. The van der Waals surface area contributed by atoms with E-state index in [0.29, 0.717) is 6.42 Å². The van der Waals surface area contributed by atoms with Gasteiger partial charge in [0, 0.05) is 4.88 Å². The standard InChI is InChI=1S/C19H26N4O4S/c1-4-18(11(2)3,15(20)25)21-14(24)10-23-16(26)19(12-7-8-12,22-17(23)27)13-6-5-9-28-13/h5-6,9,11-12H,4,7-8,10H2,1-3H3,(H2,20,25)(H,21,24)(H,22,27). The number of urea groups is 1. The molecule has 3 rings (SSSR count). The van der Waals surface area contributed by atoms with Gasteiger partial charge in [-0.1, -0.05) is 26.8 Å². The highest BCUT2D eigenvalue weighted by atomic mass is 32.1. The van der Waals surface area contributed by atoms with Crippen LogP contribution in [0.1, 0.15) is 44.9 Å². The summed E-state index contributed by atoms with van der Waals surface area (Å²) in [5, 5.41) is 7.37.